The minimum absolute atomic E-state index is 0.505. The standard InChI is InChI=1S/C14H18BrN/c1-11(15)14-10-9-13(16-14)8-7-12-5-3-2-4-6-12/h2-6,11,14H,7-10H2,1H3. The maximum absolute atomic E-state index is 4.77. The molecule has 0 fully saturated rings. The molecule has 2 rings (SSSR count). The molecule has 0 aromatic heterocycles. The Kier molecular flexibility index (Phi) is 4.16. The summed E-state index contributed by atoms with van der Waals surface area (Å²) >= 11 is 3.62. The highest BCUT2D eigenvalue weighted by Gasteiger charge is 2.20. The Bertz CT molecular complexity index is 356. The van der Waals surface area contributed by atoms with Crippen molar-refractivity contribution >= 4 is 21.6 Å². The molecule has 0 amide bonds. The lowest BCUT2D eigenvalue weighted by Gasteiger charge is -2.07. The molecule has 0 bridgehead atoms. The molecule has 1 aromatic carbocycles. The predicted octanol–water partition coefficient (Wildman–Crippen LogP) is 4.01. The summed E-state index contributed by atoms with van der Waals surface area (Å²) < 4.78 is 0. The molecule has 0 saturated carbocycles. The lowest BCUT2D eigenvalue weighted by Crippen LogP contribution is -2.10. The van der Waals surface area contributed by atoms with Crippen LogP contribution < -0.4 is 0 Å². The molecular weight excluding hydrogens is 262 g/mol. The van der Waals surface area contributed by atoms with Crippen LogP contribution in [0.15, 0.2) is 35.3 Å². The fraction of sp³-hybridized carbons (Fsp3) is 0.500. The molecule has 86 valence electrons. The Balaban J connectivity index is 1.86. The highest BCUT2D eigenvalue weighted by molar-refractivity contribution is 9.09. The van der Waals surface area contributed by atoms with Crippen molar-refractivity contribution in [3.05, 3.63) is 35.9 Å². The van der Waals surface area contributed by atoms with E-state index in [0.717, 1.165) is 12.8 Å². The average Bonchev–Trinajstić information content (AvgIpc) is 2.76. The van der Waals surface area contributed by atoms with Gasteiger partial charge in [-0.3, -0.25) is 4.99 Å². The third-order valence-electron chi connectivity index (χ3n) is 3.15. The summed E-state index contributed by atoms with van der Waals surface area (Å²) in [6, 6.07) is 11.2. The van der Waals surface area contributed by atoms with Gasteiger partial charge in [0, 0.05) is 10.5 Å². The van der Waals surface area contributed by atoms with Gasteiger partial charge in [0.05, 0.1) is 6.04 Å². The van der Waals surface area contributed by atoms with Crippen LogP contribution in [0.25, 0.3) is 0 Å². The van der Waals surface area contributed by atoms with E-state index in [1.54, 1.807) is 0 Å². The van der Waals surface area contributed by atoms with Gasteiger partial charge in [-0.2, -0.15) is 0 Å². The van der Waals surface area contributed by atoms with Crippen molar-refractivity contribution in [1.82, 2.24) is 0 Å². The zero-order chi connectivity index (χ0) is 11.4. The first-order valence-electron chi connectivity index (χ1n) is 5.99. The molecule has 1 aromatic rings. The second-order valence-electron chi connectivity index (χ2n) is 4.46. The summed E-state index contributed by atoms with van der Waals surface area (Å²) in [4.78, 5) is 5.29. The number of hydrogen-bond acceptors (Lipinski definition) is 1. The van der Waals surface area contributed by atoms with Crippen molar-refractivity contribution in [2.75, 3.05) is 0 Å². The van der Waals surface area contributed by atoms with E-state index in [9.17, 15) is 0 Å². The molecule has 16 heavy (non-hydrogen) atoms. The third kappa shape index (κ3) is 3.18. The predicted molar refractivity (Wildman–Crippen MR) is 73.6 cm³/mol. The first kappa shape index (κ1) is 11.8. The maximum atomic E-state index is 4.77. The fourth-order valence-electron chi connectivity index (χ4n) is 2.13. The van der Waals surface area contributed by atoms with Gasteiger partial charge >= 0.3 is 0 Å². The second-order valence-corrected chi connectivity index (χ2v) is 5.91. The number of halogens is 1. The van der Waals surface area contributed by atoms with Crippen LogP contribution in [-0.4, -0.2) is 16.6 Å². The quantitative estimate of drug-likeness (QED) is 0.739. The zero-order valence-corrected chi connectivity index (χ0v) is 11.3. The van der Waals surface area contributed by atoms with Gasteiger partial charge in [-0.15, -0.1) is 0 Å². The van der Waals surface area contributed by atoms with E-state index in [1.807, 2.05) is 0 Å². The van der Waals surface area contributed by atoms with E-state index < -0.39 is 0 Å². The summed E-state index contributed by atoms with van der Waals surface area (Å²) in [6.07, 6.45) is 4.66. The molecule has 1 heterocycles. The van der Waals surface area contributed by atoms with Gasteiger partial charge in [0.1, 0.15) is 0 Å². The second kappa shape index (κ2) is 5.62. The smallest absolute Gasteiger partial charge is 0.0624 e. The summed E-state index contributed by atoms with van der Waals surface area (Å²) in [7, 11) is 0. The molecule has 0 N–H and O–H groups in total. The van der Waals surface area contributed by atoms with Crippen LogP contribution in [0.3, 0.4) is 0 Å². The number of aryl methyl sites for hydroxylation is 1. The molecule has 0 aliphatic carbocycles. The van der Waals surface area contributed by atoms with Crippen molar-refractivity contribution in [2.45, 2.75) is 43.5 Å². The number of rotatable bonds is 4. The largest absolute Gasteiger partial charge is 0.290 e. The van der Waals surface area contributed by atoms with Gasteiger partial charge in [0.15, 0.2) is 0 Å². The maximum Gasteiger partial charge on any atom is 0.0624 e. The van der Waals surface area contributed by atoms with E-state index >= 15 is 0 Å². The normalized spacial score (nSPS) is 21.9. The Morgan fingerprint density at radius 1 is 1.31 bits per heavy atom. The Labute approximate surface area is 106 Å². The van der Waals surface area contributed by atoms with Crippen LogP contribution in [0.5, 0.6) is 0 Å². The molecule has 2 heteroatoms. The lowest BCUT2D eigenvalue weighted by molar-refractivity contribution is 0.670. The molecule has 2 unspecified atom stereocenters. The first-order chi connectivity index (χ1) is 7.75. The number of nitrogens with zero attached hydrogens (tertiary/aromatic N) is 1. The molecule has 1 nitrogen and oxygen atoms in total. The van der Waals surface area contributed by atoms with Crippen molar-refractivity contribution in [3.63, 3.8) is 0 Å². The number of hydrogen-bond donors (Lipinski definition) is 0. The van der Waals surface area contributed by atoms with Crippen molar-refractivity contribution in [2.24, 2.45) is 4.99 Å². The van der Waals surface area contributed by atoms with Gasteiger partial charge in [0.25, 0.3) is 0 Å². The van der Waals surface area contributed by atoms with Crippen LogP contribution in [0, 0.1) is 0 Å². The Morgan fingerprint density at radius 2 is 2.06 bits per heavy atom. The topological polar surface area (TPSA) is 12.4 Å². The SMILES string of the molecule is CC(Br)C1CCC(CCc2ccccc2)=N1. The summed E-state index contributed by atoms with van der Waals surface area (Å²) in [5, 5.41) is 0. The monoisotopic (exact) mass is 279 g/mol. The summed E-state index contributed by atoms with van der Waals surface area (Å²) in [5.74, 6) is 0. The average molecular weight is 280 g/mol. The van der Waals surface area contributed by atoms with Gasteiger partial charge < -0.3 is 0 Å². The molecule has 0 saturated heterocycles. The van der Waals surface area contributed by atoms with E-state index in [0.29, 0.717) is 10.9 Å². The third-order valence-corrected chi connectivity index (χ3v) is 3.76. The summed E-state index contributed by atoms with van der Waals surface area (Å²) in [5.41, 5.74) is 2.82. The summed E-state index contributed by atoms with van der Waals surface area (Å²) in [6.45, 7) is 2.19. The van der Waals surface area contributed by atoms with Gasteiger partial charge in [0.2, 0.25) is 0 Å². The number of aliphatic imine (C=N–C) groups is 1. The molecule has 1 aliphatic heterocycles. The van der Waals surface area contributed by atoms with E-state index in [2.05, 4.69) is 53.2 Å². The van der Waals surface area contributed by atoms with Gasteiger partial charge in [-0.1, -0.05) is 53.2 Å². The van der Waals surface area contributed by atoms with Crippen molar-refractivity contribution in [3.8, 4) is 0 Å². The van der Waals surface area contributed by atoms with Crippen LogP contribution in [0.1, 0.15) is 31.7 Å². The van der Waals surface area contributed by atoms with Crippen LogP contribution in [0.4, 0.5) is 0 Å². The van der Waals surface area contributed by atoms with Crippen molar-refractivity contribution < 1.29 is 0 Å². The minimum atomic E-state index is 0.505. The van der Waals surface area contributed by atoms with E-state index in [4.69, 9.17) is 4.99 Å². The Hall–Kier alpha value is -0.630. The zero-order valence-electron chi connectivity index (χ0n) is 9.70. The minimum Gasteiger partial charge on any atom is -0.290 e. The van der Waals surface area contributed by atoms with Crippen molar-refractivity contribution in [1.29, 1.82) is 0 Å². The van der Waals surface area contributed by atoms with Gasteiger partial charge in [-0.05, 0) is 31.2 Å². The van der Waals surface area contributed by atoms with Gasteiger partial charge in [-0.25, -0.2) is 0 Å². The van der Waals surface area contributed by atoms with E-state index in [-0.39, 0.29) is 0 Å². The fourth-order valence-corrected chi connectivity index (χ4v) is 2.52. The first-order valence-corrected chi connectivity index (χ1v) is 6.91. The van der Waals surface area contributed by atoms with Crippen LogP contribution >= 0.6 is 15.9 Å². The molecule has 0 radical (unpaired) electrons. The molecule has 0 spiro atoms. The van der Waals surface area contributed by atoms with Crippen LogP contribution in [-0.2, 0) is 6.42 Å². The lowest BCUT2D eigenvalue weighted by atomic mass is 10.1. The van der Waals surface area contributed by atoms with E-state index in [1.165, 1.54) is 24.1 Å². The number of alkyl halides is 1. The highest BCUT2D eigenvalue weighted by Crippen LogP contribution is 2.22. The van der Waals surface area contributed by atoms with Crippen LogP contribution in [0.2, 0.25) is 0 Å². The molecule has 1 aliphatic rings. The Morgan fingerprint density at radius 3 is 2.69 bits per heavy atom. The number of benzene rings is 1. The molecule has 2 atom stereocenters. The molecular formula is C14H18BrN. The highest BCUT2D eigenvalue weighted by atomic mass is 79.9.